The van der Waals surface area contributed by atoms with Gasteiger partial charge in [0.05, 0.1) is 0 Å². The highest BCUT2D eigenvalue weighted by atomic mass is 31.1. The molecule has 0 N–H and O–H groups in total. The zero-order valence-corrected chi connectivity index (χ0v) is 12.5. The van der Waals surface area contributed by atoms with Crippen LogP contribution >= 0.6 is 8.58 Å². The van der Waals surface area contributed by atoms with Crippen molar-refractivity contribution < 1.29 is 9.59 Å². The molecule has 18 heavy (non-hydrogen) atoms. The normalized spacial score (nSPS) is 12.0. The van der Waals surface area contributed by atoms with Crippen molar-refractivity contribution >= 4 is 19.9 Å². The number of carbonyl (C=O) groups excluding carboxylic acids is 2. The van der Waals surface area contributed by atoms with Gasteiger partial charge in [-0.25, -0.2) is 0 Å². The minimum absolute atomic E-state index is 0.210. The minimum atomic E-state index is -0.330. The molecule has 0 saturated carbocycles. The van der Waals surface area contributed by atoms with Crippen molar-refractivity contribution in [2.75, 3.05) is 6.66 Å². The van der Waals surface area contributed by atoms with Crippen molar-refractivity contribution in [2.24, 2.45) is 5.41 Å². The number of hydrogen-bond acceptors (Lipinski definition) is 2. The molecule has 0 heterocycles. The Morgan fingerprint density at radius 1 is 1.06 bits per heavy atom. The maximum atomic E-state index is 12.1. The molecule has 98 valence electrons. The molecule has 0 radical (unpaired) electrons. The fourth-order valence-corrected chi connectivity index (χ4v) is 1.97. The van der Waals surface area contributed by atoms with Crippen LogP contribution in [0.5, 0.6) is 0 Å². The Hall–Kier alpha value is -1.01. The molecule has 0 bridgehead atoms. The first-order valence-corrected chi connectivity index (χ1v) is 7.65. The highest BCUT2D eigenvalue weighted by Crippen LogP contribution is 2.21. The van der Waals surface area contributed by atoms with E-state index in [0.717, 1.165) is 11.1 Å². The number of Topliss-reactive ketones (excluding diaryl/α,β-unsaturated/α-hetero) is 1. The van der Waals surface area contributed by atoms with Crippen LogP contribution in [0.4, 0.5) is 0 Å². The first-order chi connectivity index (χ1) is 8.34. The maximum absolute atomic E-state index is 12.1. The topological polar surface area (TPSA) is 34.1 Å². The third kappa shape index (κ3) is 4.34. The number of benzene rings is 1. The van der Waals surface area contributed by atoms with Gasteiger partial charge in [-0.15, -0.1) is 0 Å². The van der Waals surface area contributed by atoms with E-state index in [4.69, 9.17) is 0 Å². The van der Waals surface area contributed by atoms with Crippen molar-refractivity contribution in [3.8, 4) is 0 Å². The molecule has 0 aliphatic heterocycles. The Morgan fingerprint density at radius 2 is 1.56 bits per heavy atom. The van der Waals surface area contributed by atoms with E-state index in [-0.39, 0.29) is 16.7 Å². The first kappa shape index (κ1) is 15.0. The highest BCUT2D eigenvalue weighted by Gasteiger charge is 2.22. The van der Waals surface area contributed by atoms with Gasteiger partial charge in [0.25, 0.3) is 0 Å². The number of ketones is 1. The molecule has 1 aromatic rings. The van der Waals surface area contributed by atoms with Gasteiger partial charge in [0.15, 0.2) is 5.52 Å². The summed E-state index contributed by atoms with van der Waals surface area (Å²) >= 11 is 0. The van der Waals surface area contributed by atoms with E-state index in [9.17, 15) is 9.59 Å². The van der Waals surface area contributed by atoms with Crippen molar-refractivity contribution in [3.63, 3.8) is 0 Å². The van der Waals surface area contributed by atoms with Crippen LogP contribution in [0, 0.1) is 5.41 Å². The van der Waals surface area contributed by atoms with Crippen LogP contribution in [0.25, 0.3) is 0 Å². The van der Waals surface area contributed by atoms with Crippen LogP contribution in [0.3, 0.4) is 0 Å². The second-order valence-electron chi connectivity index (χ2n) is 5.47. The maximum Gasteiger partial charge on any atom is 0.155 e. The van der Waals surface area contributed by atoms with Gasteiger partial charge in [-0.1, -0.05) is 53.6 Å². The molecule has 0 spiro atoms. The first-order valence-electron chi connectivity index (χ1n) is 6.15. The summed E-state index contributed by atoms with van der Waals surface area (Å²) in [4.78, 5) is 23.6. The molecular formula is C15H21O2P. The molecule has 1 unspecified atom stereocenters. The average Bonchev–Trinajstić information content (AvgIpc) is 2.30. The van der Waals surface area contributed by atoms with E-state index in [1.165, 1.54) is 0 Å². The van der Waals surface area contributed by atoms with Crippen LogP contribution < -0.4 is 0 Å². The van der Waals surface area contributed by atoms with Crippen molar-refractivity contribution in [3.05, 3.63) is 35.4 Å². The van der Waals surface area contributed by atoms with Gasteiger partial charge in [-0.3, -0.25) is 9.59 Å². The molecule has 0 aliphatic rings. The Balaban J connectivity index is 2.89. The predicted octanol–water partition coefficient (Wildman–Crippen LogP) is 3.22. The fraction of sp³-hybridized carbons (Fsp3) is 0.467. The van der Waals surface area contributed by atoms with E-state index in [0.29, 0.717) is 21.4 Å². The summed E-state index contributed by atoms with van der Waals surface area (Å²) in [5.74, 6) is 0.210. The van der Waals surface area contributed by atoms with E-state index >= 15 is 0 Å². The summed E-state index contributed by atoms with van der Waals surface area (Å²) in [7, 11) is 0.315. The summed E-state index contributed by atoms with van der Waals surface area (Å²) < 4.78 is 0. The SMILES string of the molecule is CPC(=O)Cc1ccccc1CC(=O)C(C)(C)C. The lowest BCUT2D eigenvalue weighted by Crippen LogP contribution is -2.22. The lowest BCUT2D eigenvalue weighted by atomic mass is 9.86. The summed E-state index contributed by atoms with van der Waals surface area (Å²) in [6, 6.07) is 7.74. The fourth-order valence-electron chi connectivity index (χ4n) is 1.60. The predicted molar refractivity (Wildman–Crippen MR) is 77.6 cm³/mol. The Bertz CT molecular complexity index is 444. The minimum Gasteiger partial charge on any atom is -0.299 e. The van der Waals surface area contributed by atoms with Crippen LogP contribution in [0.1, 0.15) is 31.9 Å². The van der Waals surface area contributed by atoms with Gasteiger partial charge in [-0.05, 0) is 17.8 Å². The summed E-state index contributed by atoms with van der Waals surface area (Å²) in [5.41, 5.74) is 1.90. The Kier molecular flexibility index (Phi) is 5.22. The second-order valence-corrected chi connectivity index (χ2v) is 6.53. The molecule has 2 nitrogen and oxygen atoms in total. The molecule has 0 saturated heterocycles. The van der Waals surface area contributed by atoms with Gasteiger partial charge in [0, 0.05) is 18.3 Å². The number of rotatable bonds is 5. The molecule has 1 aromatic carbocycles. The zero-order chi connectivity index (χ0) is 13.8. The number of hydrogen-bond donors (Lipinski definition) is 0. The van der Waals surface area contributed by atoms with E-state index in [1.54, 1.807) is 0 Å². The van der Waals surface area contributed by atoms with Gasteiger partial charge < -0.3 is 0 Å². The molecule has 1 rings (SSSR count). The smallest absolute Gasteiger partial charge is 0.155 e. The van der Waals surface area contributed by atoms with E-state index in [2.05, 4.69) is 0 Å². The number of carbonyl (C=O) groups is 2. The van der Waals surface area contributed by atoms with E-state index < -0.39 is 0 Å². The highest BCUT2D eigenvalue weighted by molar-refractivity contribution is 7.57. The van der Waals surface area contributed by atoms with Crippen molar-refractivity contribution in [1.29, 1.82) is 0 Å². The standard InChI is InChI=1S/C15H21O2P/c1-15(2,3)13(16)9-11-7-5-6-8-12(11)10-14(17)18-4/h5-8,18H,9-10H2,1-4H3. The van der Waals surface area contributed by atoms with Gasteiger partial charge in [0.1, 0.15) is 5.78 Å². The largest absolute Gasteiger partial charge is 0.299 e. The Labute approximate surface area is 111 Å². The quantitative estimate of drug-likeness (QED) is 0.765. The second kappa shape index (κ2) is 6.24. The summed E-state index contributed by atoms with van der Waals surface area (Å²) in [6.45, 7) is 7.68. The lowest BCUT2D eigenvalue weighted by molar-refractivity contribution is -0.125. The monoisotopic (exact) mass is 264 g/mol. The van der Waals surface area contributed by atoms with Gasteiger partial charge in [0.2, 0.25) is 0 Å². The third-order valence-electron chi connectivity index (χ3n) is 2.94. The summed E-state index contributed by atoms with van der Waals surface area (Å²) in [5, 5.41) is 0. The summed E-state index contributed by atoms with van der Waals surface area (Å²) in [6.07, 6.45) is 0.863. The van der Waals surface area contributed by atoms with Crippen LogP contribution in [-0.2, 0) is 22.4 Å². The van der Waals surface area contributed by atoms with Crippen LogP contribution in [0.15, 0.2) is 24.3 Å². The Morgan fingerprint density at radius 3 is 2.00 bits per heavy atom. The third-order valence-corrected chi connectivity index (χ3v) is 3.67. The molecule has 0 fully saturated rings. The van der Waals surface area contributed by atoms with Crippen LogP contribution in [-0.4, -0.2) is 18.0 Å². The van der Waals surface area contributed by atoms with Crippen LogP contribution in [0.2, 0.25) is 0 Å². The molecule has 0 aliphatic carbocycles. The zero-order valence-electron chi connectivity index (χ0n) is 11.5. The average molecular weight is 264 g/mol. The molecule has 0 aromatic heterocycles. The van der Waals surface area contributed by atoms with Crippen molar-refractivity contribution in [1.82, 2.24) is 0 Å². The lowest BCUT2D eigenvalue weighted by Gasteiger charge is -2.17. The van der Waals surface area contributed by atoms with E-state index in [1.807, 2.05) is 51.7 Å². The molecule has 0 amide bonds. The molecule has 1 atom stereocenters. The van der Waals surface area contributed by atoms with Gasteiger partial charge in [-0.2, -0.15) is 0 Å². The molecular weight excluding hydrogens is 243 g/mol. The molecule has 3 heteroatoms. The van der Waals surface area contributed by atoms with Gasteiger partial charge >= 0.3 is 0 Å². The van der Waals surface area contributed by atoms with Crippen molar-refractivity contribution in [2.45, 2.75) is 33.6 Å².